The highest BCUT2D eigenvalue weighted by Gasteiger charge is 2.31. The van der Waals surface area contributed by atoms with Gasteiger partial charge in [0.15, 0.2) is 0 Å². The standard InChI is InChI=1S/C27H42N4O2/c1-3-30(4-2)17-16-29-27(33)26-25(21-10-12-22(32)13-11-21)23-14-15-28-18-24(23)31(26)19-20-8-6-5-7-9-20/h14-15,18,20-22,32H,3-13,16-17,19H2,1-2H3,(H,29,33). The number of nitrogens with zero attached hydrogens (tertiary/aromatic N) is 3. The number of carbonyl (C=O) groups is 1. The van der Waals surface area contributed by atoms with E-state index in [4.69, 9.17) is 0 Å². The van der Waals surface area contributed by atoms with Gasteiger partial charge in [-0.15, -0.1) is 0 Å². The highest BCUT2D eigenvalue weighted by molar-refractivity contribution is 6.02. The summed E-state index contributed by atoms with van der Waals surface area (Å²) in [6.45, 7) is 8.74. The van der Waals surface area contributed by atoms with Gasteiger partial charge in [0.2, 0.25) is 0 Å². The zero-order chi connectivity index (χ0) is 23.2. The summed E-state index contributed by atoms with van der Waals surface area (Å²) in [5, 5.41) is 14.5. The van der Waals surface area contributed by atoms with Crippen LogP contribution in [0.1, 0.15) is 93.6 Å². The van der Waals surface area contributed by atoms with Gasteiger partial charge in [0, 0.05) is 31.2 Å². The van der Waals surface area contributed by atoms with E-state index in [-0.39, 0.29) is 12.0 Å². The van der Waals surface area contributed by atoms with Gasteiger partial charge in [0.1, 0.15) is 5.69 Å². The van der Waals surface area contributed by atoms with Crippen LogP contribution in [-0.4, -0.2) is 57.7 Å². The minimum Gasteiger partial charge on any atom is -0.393 e. The molecule has 2 saturated carbocycles. The van der Waals surface area contributed by atoms with Gasteiger partial charge < -0.3 is 19.9 Å². The van der Waals surface area contributed by atoms with Crippen LogP contribution in [0, 0.1) is 5.92 Å². The van der Waals surface area contributed by atoms with Crippen LogP contribution in [-0.2, 0) is 6.54 Å². The second-order valence-electron chi connectivity index (χ2n) is 10.1. The molecule has 2 aliphatic rings. The van der Waals surface area contributed by atoms with Crippen LogP contribution in [0.4, 0.5) is 0 Å². The van der Waals surface area contributed by atoms with Gasteiger partial charge in [0.05, 0.1) is 17.8 Å². The smallest absolute Gasteiger partial charge is 0.268 e. The second-order valence-corrected chi connectivity index (χ2v) is 10.1. The van der Waals surface area contributed by atoms with Gasteiger partial charge in [0.25, 0.3) is 5.91 Å². The second kappa shape index (κ2) is 11.5. The minimum absolute atomic E-state index is 0.0512. The van der Waals surface area contributed by atoms with Gasteiger partial charge in [-0.2, -0.15) is 0 Å². The van der Waals surface area contributed by atoms with Crippen molar-refractivity contribution in [3.63, 3.8) is 0 Å². The Morgan fingerprint density at radius 1 is 1.12 bits per heavy atom. The Bertz CT molecular complexity index is 906. The molecule has 4 rings (SSSR count). The summed E-state index contributed by atoms with van der Waals surface area (Å²) in [7, 11) is 0. The van der Waals surface area contributed by atoms with E-state index in [1.54, 1.807) is 0 Å². The van der Waals surface area contributed by atoms with Crippen LogP contribution in [0.2, 0.25) is 0 Å². The summed E-state index contributed by atoms with van der Waals surface area (Å²) in [6.07, 6.45) is 13.5. The van der Waals surface area contributed by atoms with E-state index in [1.807, 2.05) is 12.4 Å². The lowest BCUT2D eigenvalue weighted by molar-refractivity contribution is 0.0935. The first kappa shape index (κ1) is 24.2. The fourth-order valence-electron chi connectivity index (χ4n) is 6.01. The molecule has 0 saturated heterocycles. The van der Waals surface area contributed by atoms with E-state index in [0.717, 1.165) is 63.1 Å². The average molecular weight is 455 g/mol. The van der Waals surface area contributed by atoms with Gasteiger partial charge >= 0.3 is 0 Å². The molecule has 2 aliphatic carbocycles. The first-order valence-electron chi connectivity index (χ1n) is 13.3. The van der Waals surface area contributed by atoms with Crippen molar-refractivity contribution in [3.8, 4) is 0 Å². The maximum absolute atomic E-state index is 13.7. The van der Waals surface area contributed by atoms with Crippen molar-refractivity contribution in [2.24, 2.45) is 5.92 Å². The molecular formula is C27H42N4O2. The minimum atomic E-state index is -0.204. The van der Waals surface area contributed by atoms with Crippen molar-refractivity contribution in [3.05, 3.63) is 29.7 Å². The molecule has 0 aromatic carbocycles. The van der Waals surface area contributed by atoms with Crippen molar-refractivity contribution in [2.75, 3.05) is 26.2 Å². The molecule has 1 amide bonds. The molecule has 0 unspecified atom stereocenters. The van der Waals surface area contributed by atoms with E-state index in [2.05, 4.69) is 39.7 Å². The number of amides is 1. The summed E-state index contributed by atoms with van der Waals surface area (Å²) >= 11 is 0. The zero-order valence-corrected chi connectivity index (χ0v) is 20.6. The number of carbonyl (C=O) groups excluding carboxylic acids is 1. The largest absolute Gasteiger partial charge is 0.393 e. The molecule has 0 spiro atoms. The quantitative estimate of drug-likeness (QED) is 0.576. The van der Waals surface area contributed by atoms with Gasteiger partial charge in [-0.1, -0.05) is 33.1 Å². The monoisotopic (exact) mass is 454 g/mol. The lowest BCUT2D eigenvalue weighted by Crippen LogP contribution is -2.36. The van der Waals surface area contributed by atoms with Crippen molar-refractivity contribution in [1.29, 1.82) is 0 Å². The first-order chi connectivity index (χ1) is 16.1. The third-order valence-electron chi connectivity index (χ3n) is 8.00. The number of nitrogens with one attached hydrogen (secondary N) is 1. The molecule has 2 aromatic heterocycles. The molecule has 33 heavy (non-hydrogen) atoms. The maximum atomic E-state index is 13.7. The molecule has 6 heteroatoms. The summed E-state index contributed by atoms with van der Waals surface area (Å²) in [6, 6.07) is 2.10. The molecular weight excluding hydrogens is 412 g/mol. The highest BCUT2D eigenvalue weighted by atomic mass is 16.3. The van der Waals surface area contributed by atoms with E-state index in [1.165, 1.54) is 43.1 Å². The number of pyridine rings is 1. The number of hydrogen-bond acceptors (Lipinski definition) is 4. The number of fused-ring (bicyclic) bond motifs is 1. The van der Waals surface area contributed by atoms with Crippen LogP contribution in [0.25, 0.3) is 10.9 Å². The normalized spacial score (nSPS) is 22.2. The Hall–Kier alpha value is -1.92. The maximum Gasteiger partial charge on any atom is 0.268 e. The van der Waals surface area contributed by atoms with Gasteiger partial charge in [-0.3, -0.25) is 9.78 Å². The van der Waals surface area contributed by atoms with E-state index < -0.39 is 0 Å². The number of aliphatic hydroxyl groups is 1. The molecule has 6 nitrogen and oxygen atoms in total. The number of rotatable bonds is 9. The molecule has 2 N–H and O–H groups in total. The molecule has 0 radical (unpaired) electrons. The summed E-state index contributed by atoms with van der Waals surface area (Å²) in [5.74, 6) is 0.988. The molecule has 2 fully saturated rings. The van der Waals surface area contributed by atoms with Crippen LogP contribution in [0.3, 0.4) is 0 Å². The fraction of sp³-hybridized carbons (Fsp3) is 0.704. The third-order valence-corrected chi connectivity index (χ3v) is 8.00. The molecule has 2 heterocycles. The van der Waals surface area contributed by atoms with Crippen LogP contribution in [0.5, 0.6) is 0 Å². The van der Waals surface area contributed by atoms with Gasteiger partial charge in [-0.25, -0.2) is 0 Å². The van der Waals surface area contributed by atoms with Crippen molar-refractivity contribution in [1.82, 2.24) is 19.8 Å². The Morgan fingerprint density at radius 2 is 1.85 bits per heavy atom. The van der Waals surface area contributed by atoms with Crippen molar-refractivity contribution in [2.45, 2.75) is 90.2 Å². The zero-order valence-electron chi connectivity index (χ0n) is 20.6. The predicted molar refractivity (Wildman–Crippen MR) is 134 cm³/mol. The van der Waals surface area contributed by atoms with E-state index in [9.17, 15) is 9.90 Å². The van der Waals surface area contributed by atoms with Crippen molar-refractivity contribution >= 4 is 16.8 Å². The lowest BCUT2D eigenvalue weighted by atomic mass is 9.81. The lowest BCUT2D eigenvalue weighted by Gasteiger charge is -2.27. The number of aliphatic hydroxyl groups excluding tert-OH is 1. The number of hydrogen-bond donors (Lipinski definition) is 2. The van der Waals surface area contributed by atoms with Crippen LogP contribution >= 0.6 is 0 Å². The predicted octanol–water partition coefficient (Wildman–Crippen LogP) is 4.71. The molecule has 2 aromatic rings. The van der Waals surface area contributed by atoms with Crippen LogP contribution in [0.15, 0.2) is 18.5 Å². The molecule has 0 atom stereocenters. The van der Waals surface area contributed by atoms with Crippen molar-refractivity contribution < 1.29 is 9.90 Å². The number of aromatic nitrogens is 2. The topological polar surface area (TPSA) is 70.4 Å². The summed E-state index contributed by atoms with van der Waals surface area (Å²) in [5.41, 5.74) is 3.14. The molecule has 0 bridgehead atoms. The number of likely N-dealkylation sites (N-methyl/N-ethyl adjacent to an activating group) is 1. The Labute approximate surface area is 198 Å². The van der Waals surface area contributed by atoms with E-state index >= 15 is 0 Å². The average Bonchev–Trinajstić information content (AvgIpc) is 3.17. The Morgan fingerprint density at radius 3 is 2.55 bits per heavy atom. The molecule has 0 aliphatic heterocycles. The molecule has 182 valence electrons. The highest BCUT2D eigenvalue weighted by Crippen LogP contribution is 2.41. The van der Waals surface area contributed by atoms with E-state index in [0.29, 0.717) is 18.4 Å². The van der Waals surface area contributed by atoms with Crippen LogP contribution < -0.4 is 5.32 Å². The SMILES string of the molecule is CCN(CC)CCNC(=O)c1c(C2CCC(O)CC2)c2ccncc2n1CC1CCCCC1. The Balaban J connectivity index is 1.69. The van der Waals surface area contributed by atoms with Gasteiger partial charge in [-0.05, 0) is 75.1 Å². The summed E-state index contributed by atoms with van der Waals surface area (Å²) in [4.78, 5) is 20.5. The first-order valence-corrected chi connectivity index (χ1v) is 13.3. The fourth-order valence-corrected chi connectivity index (χ4v) is 6.01. The summed E-state index contributed by atoms with van der Waals surface area (Å²) < 4.78 is 2.30. The third kappa shape index (κ3) is 5.60. The Kier molecular flexibility index (Phi) is 8.42.